The summed E-state index contributed by atoms with van der Waals surface area (Å²) in [6.45, 7) is 0.628. The third kappa shape index (κ3) is 24.0. The van der Waals surface area contributed by atoms with Crippen molar-refractivity contribution in [2.45, 2.75) is 147 Å². The van der Waals surface area contributed by atoms with Gasteiger partial charge in [0.25, 0.3) is 0 Å². The van der Waals surface area contributed by atoms with Gasteiger partial charge < -0.3 is 42.2 Å². The van der Waals surface area contributed by atoms with E-state index < -0.39 is 88.5 Å². The van der Waals surface area contributed by atoms with Crippen LogP contribution in [0.15, 0.2) is 12.5 Å². The summed E-state index contributed by atoms with van der Waals surface area (Å²) in [4.78, 5) is 92.3. The molecule has 0 unspecified atom stereocenters. The first-order chi connectivity index (χ1) is 26.7. The molecule has 1 aromatic rings. The Kier molecular flexibility index (Phi) is 25.4. The van der Waals surface area contributed by atoms with E-state index in [4.69, 9.17) is 5.73 Å². The molecule has 0 spiro atoms. The predicted molar refractivity (Wildman–Crippen MR) is 206 cm³/mol. The quantitative estimate of drug-likeness (QED) is 0.0440. The van der Waals surface area contributed by atoms with E-state index in [0.717, 1.165) is 25.7 Å². The Bertz CT molecular complexity index is 1470. The van der Waals surface area contributed by atoms with Crippen LogP contribution in [0, 0.1) is 0 Å². The summed E-state index contributed by atoms with van der Waals surface area (Å²) < 4.78 is 26.6. The highest BCUT2D eigenvalue weighted by molar-refractivity contribution is 7.90. The van der Waals surface area contributed by atoms with Gasteiger partial charge in [-0.25, -0.2) is 18.2 Å². The van der Waals surface area contributed by atoms with Crippen LogP contribution in [-0.2, 0) is 50.0 Å². The van der Waals surface area contributed by atoms with Gasteiger partial charge in [-0.15, -0.1) is 0 Å². The fraction of sp³-hybridized carbons (Fsp3) is 0.722. The molecule has 1 heterocycles. The van der Waals surface area contributed by atoms with E-state index in [1.807, 2.05) is 4.72 Å². The van der Waals surface area contributed by atoms with Crippen molar-refractivity contribution in [1.82, 2.24) is 36.0 Å². The largest absolute Gasteiger partial charge is 0.480 e. The molecule has 1 aromatic heterocycles. The lowest BCUT2D eigenvalue weighted by Gasteiger charge is -2.23. The van der Waals surface area contributed by atoms with Gasteiger partial charge >= 0.3 is 5.97 Å². The Morgan fingerprint density at radius 2 is 1.29 bits per heavy atom. The molecule has 0 saturated heterocycles. The zero-order chi connectivity index (χ0) is 41.8. The smallest absolute Gasteiger partial charge is 0.326 e. The Morgan fingerprint density at radius 3 is 1.82 bits per heavy atom. The molecule has 0 aliphatic heterocycles. The van der Waals surface area contributed by atoms with Gasteiger partial charge in [-0.05, 0) is 19.3 Å². The first kappa shape index (κ1) is 49.4. The number of H-pyrrole nitrogens is 1. The maximum atomic E-state index is 13.0. The molecule has 20 heteroatoms. The average molecular weight is 815 g/mol. The molecule has 0 aromatic carbocycles. The van der Waals surface area contributed by atoms with Crippen molar-refractivity contribution in [3.63, 3.8) is 0 Å². The molecule has 19 nitrogen and oxygen atoms in total. The van der Waals surface area contributed by atoms with Gasteiger partial charge in [-0.3, -0.25) is 33.5 Å². The van der Waals surface area contributed by atoms with Gasteiger partial charge in [0.1, 0.15) is 18.1 Å². The van der Waals surface area contributed by atoms with Crippen molar-refractivity contribution < 1.29 is 52.2 Å². The molecule has 6 amide bonds. The molecule has 0 fully saturated rings. The minimum absolute atomic E-state index is 0.0819. The molecule has 0 aliphatic rings. The highest BCUT2D eigenvalue weighted by Gasteiger charge is 2.30. The second-order valence-electron chi connectivity index (χ2n) is 13.8. The minimum atomic E-state index is -3.97. The highest BCUT2D eigenvalue weighted by atomic mass is 32.2. The number of rotatable bonds is 33. The standard InChI is InChI=1S/C36H62N8O11S/c1-2-3-4-5-6-7-8-9-10-11-12-13-14-16-32(48)44-56(54,55)20-15-17-31(47)39-23-33(49)41-29(24-45)35(51)42-27(18-19-30(37)46)34(50)43-28(36(52)53)21-26-22-38-25-40-26/h22,25,27-29,45H,2-21,23-24H2,1H3,(H2,37,46)(H,38,40)(H,39,47)(H,41,49)(H,42,51)(H,43,50)(H,44,48)(H,52,53)/t27-,28-,29-/m0/s1. The molecule has 0 radical (unpaired) electrons. The van der Waals surface area contributed by atoms with Gasteiger partial charge in [0.15, 0.2) is 0 Å². The van der Waals surface area contributed by atoms with Crippen molar-refractivity contribution in [3.05, 3.63) is 18.2 Å². The molecule has 0 saturated carbocycles. The number of hydrogen-bond donors (Lipinski definition) is 9. The van der Waals surface area contributed by atoms with Crippen LogP contribution in [0.4, 0.5) is 0 Å². The van der Waals surface area contributed by atoms with E-state index in [2.05, 4.69) is 38.2 Å². The fourth-order valence-corrected chi connectivity index (χ4v) is 6.70. The average Bonchev–Trinajstić information content (AvgIpc) is 3.65. The van der Waals surface area contributed by atoms with E-state index in [-0.39, 0.29) is 38.5 Å². The summed E-state index contributed by atoms with van der Waals surface area (Å²) in [5.41, 5.74) is 5.57. The molecule has 0 bridgehead atoms. The summed E-state index contributed by atoms with van der Waals surface area (Å²) in [6.07, 6.45) is 16.3. The van der Waals surface area contributed by atoms with E-state index in [1.54, 1.807) is 0 Å². The maximum Gasteiger partial charge on any atom is 0.326 e. The van der Waals surface area contributed by atoms with E-state index in [9.17, 15) is 52.2 Å². The van der Waals surface area contributed by atoms with Crippen LogP contribution in [0.1, 0.15) is 128 Å². The summed E-state index contributed by atoms with van der Waals surface area (Å²) in [5, 5.41) is 28.3. The lowest BCUT2D eigenvalue weighted by atomic mass is 10.0. The Balaban J connectivity index is 2.40. The van der Waals surface area contributed by atoms with Gasteiger partial charge in [-0.1, -0.05) is 84.0 Å². The number of carboxylic acids is 1. The number of aromatic nitrogens is 2. The number of nitrogens with two attached hydrogens (primary N) is 1. The number of nitrogens with one attached hydrogen (secondary N) is 6. The van der Waals surface area contributed by atoms with Crippen LogP contribution in [-0.4, -0.2) is 107 Å². The number of hydrogen-bond acceptors (Lipinski definition) is 11. The molecule has 3 atom stereocenters. The Morgan fingerprint density at radius 1 is 0.732 bits per heavy atom. The van der Waals surface area contributed by atoms with Gasteiger partial charge in [0.2, 0.25) is 45.5 Å². The molecular formula is C36H62N8O11S. The minimum Gasteiger partial charge on any atom is -0.480 e. The number of aliphatic hydroxyl groups is 1. The SMILES string of the molecule is CCCCCCCCCCCCCCCC(=O)NS(=O)(=O)CCCC(=O)NCC(=O)N[C@@H](CO)C(=O)N[C@@H](CCC(N)=O)C(=O)N[C@@H](Cc1cnc[nH]1)C(=O)O. The number of primary amides is 1. The topological polar surface area (TPSA) is 309 Å². The lowest BCUT2D eigenvalue weighted by Crippen LogP contribution is -2.57. The second-order valence-corrected chi connectivity index (χ2v) is 15.6. The zero-order valence-electron chi connectivity index (χ0n) is 32.4. The first-order valence-electron chi connectivity index (χ1n) is 19.5. The monoisotopic (exact) mass is 814 g/mol. The number of unbranched alkanes of at least 4 members (excludes halogenated alkanes) is 12. The number of sulfonamides is 1. The zero-order valence-corrected chi connectivity index (χ0v) is 33.3. The number of aliphatic hydroxyl groups excluding tert-OH is 1. The fourth-order valence-electron chi connectivity index (χ4n) is 5.62. The normalized spacial score (nSPS) is 12.8. The van der Waals surface area contributed by atoms with Gasteiger partial charge in [-0.2, -0.15) is 0 Å². The van der Waals surface area contributed by atoms with Crippen LogP contribution >= 0.6 is 0 Å². The number of aliphatic carboxylic acids is 1. The lowest BCUT2D eigenvalue weighted by molar-refractivity contribution is -0.142. The molecule has 318 valence electrons. The van der Waals surface area contributed by atoms with Crippen LogP contribution < -0.4 is 31.7 Å². The van der Waals surface area contributed by atoms with Gasteiger partial charge in [0, 0.05) is 37.6 Å². The number of aromatic amines is 1. The van der Waals surface area contributed by atoms with Crippen LogP contribution in [0.3, 0.4) is 0 Å². The number of amides is 6. The summed E-state index contributed by atoms with van der Waals surface area (Å²) in [5.74, 6) is -6.93. The molecule has 1 rings (SSSR count). The number of carbonyl (C=O) groups is 7. The van der Waals surface area contributed by atoms with Crippen molar-refractivity contribution in [1.29, 1.82) is 0 Å². The summed E-state index contributed by atoms with van der Waals surface area (Å²) >= 11 is 0. The summed E-state index contributed by atoms with van der Waals surface area (Å²) in [7, 11) is -3.97. The molecule has 0 aliphatic carbocycles. The Hall–Kier alpha value is -4.59. The molecule has 56 heavy (non-hydrogen) atoms. The summed E-state index contributed by atoms with van der Waals surface area (Å²) in [6, 6.07) is -4.54. The van der Waals surface area contributed by atoms with Crippen LogP contribution in [0.5, 0.6) is 0 Å². The molecular weight excluding hydrogens is 753 g/mol. The molecule has 10 N–H and O–H groups in total. The van der Waals surface area contributed by atoms with E-state index in [1.165, 1.54) is 63.9 Å². The van der Waals surface area contributed by atoms with Crippen molar-refractivity contribution in [2.75, 3.05) is 18.9 Å². The highest BCUT2D eigenvalue weighted by Crippen LogP contribution is 2.13. The van der Waals surface area contributed by atoms with Crippen molar-refractivity contribution >= 4 is 51.4 Å². The number of nitrogens with zero attached hydrogens (tertiary/aromatic N) is 1. The van der Waals surface area contributed by atoms with E-state index in [0.29, 0.717) is 12.1 Å². The third-order valence-corrected chi connectivity index (χ3v) is 10.1. The Labute approximate surface area is 328 Å². The first-order valence-corrected chi connectivity index (χ1v) is 21.1. The second kappa shape index (κ2) is 28.8. The van der Waals surface area contributed by atoms with E-state index >= 15 is 0 Å². The number of imidazole rings is 1. The van der Waals surface area contributed by atoms with Crippen LogP contribution in [0.2, 0.25) is 0 Å². The van der Waals surface area contributed by atoms with Crippen molar-refractivity contribution in [2.24, 2.45) is 5.73 Å². The van der Waals surface area contributed by atoms with Crippen molar-refractivity contribution in [3.8, 4) is 0 Å². The van der Waals surface area contributed by atoms with Gasteiger partial charge in [0.05, 0.1) is 25.2 Å². The third-order valence-electron chi connectivity index (χ3n) is 8.78. The predicted octanol–water partition coefficient (Wildman–Crippen LogP) is 0.573. The number of carbonyl (C=O) groups excluding carboxylic acids is 6. The number of carboxylic acid groups (broad SMARTS) is 1. The maximum absolute atomic E-state index is 13.0. The van der Waals surface area contributed by atoms with Crippen LogP contribution in [0.25, 0.3) is 0 Å².